The quantitative estimate of drug-likeness (QED) is 0.179. The molecule has 0 bridgehead atoms. The number of hydrogen-bond donors (Lipinski definition) is 0. The van der Waals surface area contributed by atoms with Crippen molar-refractivity contribution in [1.29, 1.82) is 0 Å². The molecule has 0 aromatic heterocycles. The van der Waals surface area contributed by atoms with Gasteiger partial charge in [-0.05, 0) is 0 Å². The third-order valence-electron chi connectivity index (χ3n) is 15.7. The average Bonchev–Trinajstić information content (AvgIpc) is 3.14. The van der Waals surface area contributed by atoms with Gasteiger partial charge in [-0.25, -0.2) is 0 Å². The van der Waals surface area contributed by atoms with E-state index in [1.807, 2.05) is 0 Å². The first kappa shape index (κ1) is 64.5. The van der Waals surface area contributed by atoms with E-state index in [0.717, 1.165) is 0 Å². The minimum atomic E-state index is -3.10. The fourth-order valence-corrected chi connectivity index (χ4v) is 48.7. The Morgan fingerprint density at radius 2 is 0.257 bits per heavy atom. The van der Waals surface area contributed by atoms with E-state index in [1.54, 1.807) is 62.1 Å². The SMILES string of the molecule is CC(C)(C)c1cc(C(C)(C)C)[c]([Ge]([c]2c(C(C)(C)C)cc(C(C)(C)C)cc2C(C)(C)C)=[Ge]([c]2c(C(C)(C)C)cc(C(C)(C)C)cc2C(C)(C)C)[c]2c(C(C)(C)C)cc(C(C)(C)C)cc2C(C)(C)C)c(C(C)(C)C)c1. The Morgan fingerprint density at radius 3 is 0.324 bits per heavy atom. The van der Waals surface area contributed by atoms with Gasteiger partial charge < -0.3 is 0 Å². The van der Waals surface area contributed by atoms with Crippen LogP contribution in [0.5, 0.6) is 0 Å². The van der Waals surface area contributed by atoms with E-state index >= 15 is 0 Å². The van der Waals surface area contributed by atoms with Crippen LogP contribution in [0.25, 0.3) is 0 Å². The first-order chi connectivity index (χ1) is 32.3. The molecule has 0 N–H and O–H groups in total. The van der Waals surface area contributed by atoms with E-state index in [4.69, 9.17) is 0 Å². The molecule has 0 aliphatic carbocycles. The molecule has 0 radical (unpaired) electrons. The van der Waals surface area contributed by atoms with E-state index in [1.165, 1.54) is 22.3 Å². The van der Waals surface area contributed by atoms with Gasteiger partial charge in [-0.15, -0.1) is 0 Å². The van der Waals surface area contributed by atoms with Crippen molar-refractivity contribution >= 4 is 41.3 Å². The molecule has 2 heteroatoms. The monoisotopic (exact) mass is 1130 g/mol. The van der Waals surface area contributed by atoms with Crippen molar-refractivity contribution in [3.63, 3.8) is 0 Å². The van der Waals surface area contributed by atoms with Crippen LogP contribution in [0.4, 0.5) is 0 Å². The Morgan fingerprint density at radius 1 is 0.162 bits per heavy atom. The zero-order chi connectivity index (χ0) is 58.0. The van der Waals surface area contributed by atoms with Gasteiger partial charge >= 0.3 is 471 Å². The second-order valence-corrected chi connectivity index (χ2v) is 53.8. The summed E-state index contributed by atoms with van der Waals surface area (Å²) < 4.78 is 7.08. The molecule has 4 aromatic carbocycles. The molecular weight excluding hydrogens is 1010 g/mol. The molecule has 0 nitrogen and oxygen atoms in total. The molecule has 0 amide bonds. The summed E-state index contributed by atoms with van der Waals surface area (Å²) in [5.74, 6) is 0. The molecule has 4 rings (SSSR count). The molecule has 0 aliphatic heterocycles. The molecule has 4 aromatic rings. The van der Waals surface area contributed by atoms with Gasteiger partial charge in [0.05, 0.1) is 0 Å². The third kappa shape index (κ3) is 14.0. The molecule has 0 saturated carbocycles. The van der Waals surface area contributed by atoms with Crippen LogP contribution in [0, 0.1) is 0 Å². The van der Waals surface area contributed by atoms with Gasteiger partial charge in [0, 0.05) is 0 Å². The number of rotatable bonds is 4. The van der Waals surface area contributed by atoms with Gasteiger partial charge in [-0.3, -0.25) is 0 Å². The molecular formula is C72H116Ge2. The molecule has 0 saturated heterocycles. The summed E-state index contributed by atoms with van der Waals surface area (Å²) in [6.07, 6.45) is 0. The first-order valence-corrected chi connectivity index (χ1v) is 39.6. The molecule has 0 spiro atoms. The van der Waals surface area contributed by atoms with Crippen molar-refractivity contribution in [2.45, 2.75) is 314 Å². The summed E-state index contributed by atoms with van der Waals surface area (Å²) >= 11 is -6.20. The molecule has 0 atom stereocenters. The van der Waals surface area contributed by atoms with Crippen LogP contribution in [0.15, 0.2) is 48.5 Å². The molecule has 0 fully saturated rings. The molecule has 74 heavy (non-hydrogen) atoms. The van der Waals surface area contributed by atoms with Gasteiger partial charge in [0.2, 0.25) is 0 Å². The van der Waals surface area contributed by atoms with Crippen LogP contribution in [-0.4, -0.2) is 23.7 Å². The van der Waals surface area contributed by atoms with Crippen molar-refractivity contribution in [3.05, 3.63) is 115 Å². The van der Waals surface area contributed by atoms with Crippen LogP contribution in [0.3, 0.4) is 0 Å². The van der Waals surface area contributed by atoms with E-state index in [-0.39, 0.29) is 65.0 Å². The Hall–Kier alpha value is -2.03. The zero-order valence-corrected chi connectivity index (χ0v) is 59.8. The van der Waals surface area contributed by atoms with E-state index in [9.17, 15) is 0 Å². The fraction of sp³-hybridized carbons (Fsp3) is 0.667. The van der Waals surface area contributed by atoms with Gasteiger partial charge in [0.25, 0.3) is 0 Å². The normalized spacial score (nSPS) is 14.5. The maximum atomic E-state index is 2.75. The first-order valence-electron chi connectivity index (χ1n) is 28.9. The summed E-state index contributed by atoms with van der Waals surface area (Å²) in [6.45, 7) is 90.6. The average molecular weight is 1130 g/mol. The molecule has 0 heterocycles. The second-order valence-electron chi connectivity index (χ2n) is 35.5. The number of benzene rings is 4. The van der Waals surface area contributed by atoms with E-state index in [0.29, 0.717) is 0 Å². The maximum absolute atomic E-state index is 3.10. The number of hydrogen-bond acceptors (Lipinski definition) is 0. The predicted molar refractivity (Wildman–Crippen MR) is 340 cm³/mol. The summed E-state index contributed by atoms with van der Waals surface area (Å²) in [5.41, 5.74) is 17.5. The molecule has 412 valence electrons. The second kappa shape index (κ2) is 19.9. The van der Waals surface area contributed by atoms with Gasteiger partial charge in [-0.2, -0.15) is 0 Å². The van der Waals surface area contributed by atoms with Crippen LogP contribution in [-0.2, 0) is 65.0 Å². The van der Waals surface area contributed by atoms with Gasteiger partial charge in [0.1, 0.15) is 0 Å². The Bertz CT molecular complexity index is 2240. The Labute approximate surface area is 467 Å². The summed E-state index contributed by atoms with van der Waals surface area (Å²) in [6, 6.07) is 22.0. The molecule has 0 unspecified atom stereocenters. The Balaban J connectivity index is 3.10. The summed E-state index contributed by atoms with van der Waals surface area (Å²) in [4.78, 5) is 0. The fourth-order valence-electron chi connectivity index (χ4n) is 10.9. The van der Waals surface area contributed by atoms with Crippen LogP contribution in [0.2, 0.25) is 0 Å². The minimum absolute atomic E-state index is 0.0253. The van der Waals surface area contributed by atoms with Crippen molar-refractivity contribution in [2.24, 2.45) is 0 Å². The van der Waals surface area contributed by atoms with Crippen LogP contribution in [0.1, 0.15) is 316 Å². The zero-order valence-electron chi connectivity index (χ0n) is 55.6. The van der Waals surface area contributed by atoms with Gasteiger partial charge in [-0.1, -0.05) is 0 Å². The molecule has 0 aliphatic rings. The van der Waals surface area contributed by atoms with Crippen molar-refractivity contribution in [1.82, 2.24) is 0 Å². The van der Waals surface area contributed by atoms with Crippen molar-refractivity contribution in [2.75, 3.05) is 0 Å². The van der Waals surface area contributed by atoms with Crippen LogP contribution < -0.4 is 17.6 Å². The Kier molecular flexibility index (Phi) is 17.4. The topological polar surface area (TPSA) is 0 Å². The summed E-state index contributed by atoms with van der Waals surface area (Å²) in [5, 5.41) is 0. The van der Waals surface area contributed by atoms with Crippen molar-refractivity contribution in [3.8, 4) is 0 Å². The van der Waals surface area contributed by atoms with Crippen LogP contribution >= 0.6 is 0 Å². The predicted octanol–water partition coefficient (Wildman–Crippen LogP) is 18.3. The third-order valence-corrected chi connectivity index (χ3v) is 41.9. The van der Waals surface area contributed by atoms with E-state index in [2.05, 4.69) is 298 Å². The summed E-state index contributed by atoms with van der Waals surface area (Å²) in [7, 11) is 0. The van der Waals surface area contributed by atoms with Gasteiger partial charge in [0.15, 0.2) is 0 Å². The van der Waals surface area contributed by atoms with Crippen molar-refractivity contribution < 1.29 is 0 Å². The standard InChI is InChI=1S/C72H116Ge2/c1-61(2,3)45-37-49(65(13,14)15)57(50(38-45)66(16,17)18)73(58-51(67(19,20)21)39-46(62(4,5)6)40-52(58)68(22,23)24)74(59-53(69(25,26)27)41-47(63(7,8)9)42-54(59)70(28,29)30)60-55(71(31,32)33)43-48(64(10,11)12)44-56(60)72(34,35)36/h37-44H,1-36H3. The van der Waals surface area contributed by atoms with E-state index < -0.39 is 23.7 Å².